The highest BCUT2D eigenvalue weighted by Gasteiger charge is 2.30. The normalized spacial score (nSPS) is 16.7. The lowest BCUT2D eigenvalue weighted by molar-refractivity contribution is -0.135. The molecule has 2 heterocycles. The van der Waals surface area contributed by atoms with Crippen molar-refractivity contribution in [3.63, 3.8) is 0 Å². The summed E-state index contributed by atoms with van der Waals surface area (Å²) < 4.78 is 1.31. The molecule has 1 fully saturated rings. The number of aliphatic hydroxyl groups is 1. The highest BCUT2D eigenvalue weighted by Crippen LogP contribution is 2.23. The predicted octanol–water partition coefficient (Wildman–Crippen LogP) is 1.17. The van der Waals surface area contributed by atoms with Gasteiger partial charge in [-0.25, -0.2) is 4.98 Å². The van der Waals surface area contributed by atoms with Crippen LogP contribution in [0.1, 0.15) is 50.4 Å². The number of aliphatic hydroxyl groups excluding tert-OH is 1. The fraction of sp³-hybridized carbons (Fsp3) is 0.450. The van der Waals surface area contributed by atoms with Gasteiger partial charge in [0.25, 0.3) is 5.56 Å². The summed E-state index contributed by atoms with van der Waals surface area (Å²) >= 11 is 0. The van der Waals surface area contributed by atoms with Crippen LogP contribution in [0.3, 0.4) is 0 Å². The van der Waals surface area contributed by atoms with Crippen LogP contribution in [-0.4, -0.2) is 39.0 Å². The van der Waals surface area contributed by atoms with E-state index in [2.05, 4.69) is 15.6 Å². The third-order valence-corrected chi connectivity index (χ3v) is 4.97. The molecule has 1 aromatic heterocycles. The maximum Gasteiger partial charge on any atom is 0.262 e. The summed E-state index contributed by atoms with van der Waals surface area (Å²) in [5.41, 5.74) is 0.411. The van der Waals surface area contributed by atoms with Gasteiger partial charge in [0, 0.05) is 19.4 Å². The number of rotatable bonds is 7. The van der Waals surface area contributed by atoms with E-state index in [1.807, 2.05) is 0 Å². The molecule has 1 unspecified atom stereocenters. The Morgan fingerprint density at radius 1 is 1.28 bits per heavy atom. The predicted molar refractivity (Wildman–Crippen MR) is 106 cm³/mol. The van der Waals surface area contributed by atoms with Crippen molar-refractivity contribution in [2.24, 2.45) is 0 Å². The molecule has 0 radical (unpaired) electrons. The minimum absolute atomic E-state index is 0.105. The highest BCUT2D eigenvalue weighted by molar-refractivity contribution is 6.01. The summed E-state index contributed by atoms with van der Waals surface area (Å²) in [6, 6.07) is 4.14. The second kappa shape index (κ2) is 8.95. The second-order valence-electron chi connectivity index (χ2n) is 7.09. The number of hydrogen-bond acceptors (Lipinski definition) is 6. The third kappa shape index (κ3) is 4.51. The zero-order valence-corrected chi connectivity index (χ0v) is 16.2. The first-order chi connectivity index (χ1) is 13.9. The van der Waals surface area contributed by atoms with Gasteiger partial charge < -0.3 is 10.4 Å². The van der Waals surface area contributed by atoms with E-state index in [0.717, 1.165) is 6.42 Å². The lowest BCUT2D eigenvalue weighted by Gasteiger charge is -2.24. The Morgan fingerprint density at radius 3 is 2.79 bits per heavy atom. The molecule has 1 aliphatic heterocycles. The summed E-state index contributed by atoms with van der Waals surface area (Å²) in [7, 11) is 0. The molecule has 0 aliphatic carbocycles. The van der Waals surface area contributed by atoms with E-state index in [1.165, 1.54) is 4.57 Å². The van der Waals surface area contributed by atoms with Gasteiger partial charge in [0.2, 0.25) is 17.7 Å². The fourth-order valence-electron chi connectivity index (χ4n) is 3.51. The van der Waals surface area contributed by atoms with E-state index in [9.17, 15) is 19.2 Å². The molecule has 0 saturated carbocycles. The number of unbranched alkanes of at least 4 members (excludes halogenated alkanes) is 2. The number of benzene rings is 1. The molecule has 1 saturated heterocycles. The molecule has 29 heavy (non-hydrogen) atoms. The van der Waals surface area contributed by atoms with Crippen LogP contribution < -0.4 is 16.2 Å². The molecule has 1 aromatic carbocycles. The Balaban J connectivity index is 1.90. The number of carbonyl (C=O) groups is 3. The van der Waals surface area contributed by atoms with Crippen LogP contribution >= 0.6 is 0 Å². The average molecular weight is 400 g/mol. The summed E-state index contributed by atoms with van der Waals surface area (Å²) in [5.74, 6) is -0.722. The fourth-order valence-corrected chi connectivity index (χ4v) is 3.51. The third-order valence-electron chi connectivity index (χ3n) is 4.97. The second-order valence-corrected chi connectivity index (χ2v) is 7.09. The number of carbonyl (C=O) groups excluding carboxylic acids is 3. The van der Waals surface area contributed by atoms with Crippen molar-refractivity contribution >= 4 is 34.3 Å². The van der Waals surface area contributed by atoms with E-state index >= 15 is 0 Å². The van der Waals surface area contributed by atoms with Gasteiger partial charge in [-0.15, -0.1) is 0 Å². The molecular weight excluding hydrogens is 376 g/mol. The molecule has 154 valence electrons. The lowest BCUT2D eigenvalue weighted by atomic mass is 10.1. The van der Waals surface area contributed by atoms with Gasteiger partial charge in [-0.3, -0.25) is 29.1 Å². The van der Waals surface area contributed by atoms with E-state index in [0.29, 0.717) is 41.7 Å². The quantitative estimate of drug-likeness (QED) is 0.472. The first kappa shape index (κ1) is 20.7. The van der Waals surface area contributed by atoms with Crippen LogP contribution in [0.5, 0.6) is 0 Å². The summed E-state index contributed by atoms with van der Waals surface area (Å²) in [4.78, 5) is 53.4. The molecule has 3 amide bonds. The Bertz CT molecular complexity index is 1010. The largest absolute Gasteiger partial charge is 0.396 e. The number of amides is 3. The Morgan fingerprint density at radius 2 is 2.07 bits per heavy atom. The smallest absolute Gasteiger partial charge is 0.262 e. The van der Waals surface area contributed by atoms with Gasteiger partial charge in [0.15, 0.2) is 0 Å². The number of hydrogen-bond donors (Lipinski definition) is 3. The summed E-state index contributed by atoms with van der Waals surface area (Å²) in [6.07, 6.45) is 2.78. The molecule has 1 aliphatic rings. The molecular formula is C20H24N4O5. The SMILES string of the molecule is Cc1nc2c(NC(=O)CCCCCO)cccc2c(=O)n1C1CCC(=O)NC1=O. The number of aryl methyl sites for hydroxylation is 1. The Kier molecular flexibility index (Phi) is 6.38. The zero-order chi connectivity index (χ0) is 21.0. The highest BCUT2D eigenvalue weighted by atomic mass is 16.3. The van der Waals surface area contributed by atoms with E-state index in [1.54, 1.807) is 25.1 Å². The van der Waals surface area contributed by atoms with Crippen molar-refractivity contribution in [1.82, 2.24) is 14.9 Å². The van der Waals surface area contributed by atoms with Crippen molar-refractivity contribution in [3.05, 3.63) is 34.4 Å². The zero-order valence-electron chi connectivity index (χ0n) is 16.2. The number of imide groups is 1. The van der Waals surface area contributed by atoms with Gasteiger partial charge in [0.05, 0.1) is 11.1 Å². The van der Waals surface area contributed by atoms with Crippen molar-refractivity contribution in [2.75, 3.05) is 11.9 Å². The van der Waals surface area contributed by atoms with Crippen molar-refractivity contribution in [2.45, 2.75) is 51.5 Å². The van der Waals surface area contributed by atoms with Crippen molar-refractivity contribution < 1.29 is 19.5 Å². The van der Waals surface area contributed by atoms with Crippen LogP contribution in [-0.2, 0) is 14.4 Å². The first-order valence-corrected chi connectivity index (χ1v) is 9.68. The van der Waals surface area contributed by atoms with Crippen molar-refractivity contribution in [3.8, 4) is 0 Å². The van der Waals surface area contributed by atoms with E-state index < -0.39 is 11.9 Å². The van der Waals surface area contributed by atoms with E-state index in [4.69, 9.17) is 5.11 Å². The standard InChI is InChI=1S/C20H24N4O5/c1-12-21-18-13(20(29)24(12)15-9-10-17(27)23-19(15)28)6-5-7-14(18)22-16(26)8-3-2-4-11-25/h5-7,15,25H,2-4,8-11H2,1H3,(H,22,26)(H,23,27,28). The van der Waals surface area contributed by atoms with Gasteiger partial charge in [-0.1, -0.05) is 12.5 Å². The number of aromatic nitrogens is 2. The maximum absolute atomic E-state index is 13.1. The van der Waals surface area contributed by atoms with Gasteiger partial charge in [-0.05, 0) is 38.3 Å². The van der Waals surface area contributed by atoms with Crippen LogP contribution in [0.2, 0.25) is 0 Å². The number of nitrogens with zero attached hydrogens (tertiary/aromatic N) is 2. The first-order valence-electron chi connectivity index (χ1n) is 9.68. The molecule has 3 N–H and O–H groups in total. The minimum Gasteiger partial charge on any atom is -0.396 e. The van der Waals surface area contributed by atoms with Crippen molar-refractivity contribution in [1.29, 1.82) is 0 Å². The molecule has 0 spiro atoms. The molecule has 0 bridgehead atoms. The average Bonchev–Trinajstić information content (AvgIpc) is 2.67. The number of para-hydroxylation sites is 1. The van der Waals surface area contributed by atoms with E-state index in [-0.39, 0.29) is 36.8 Å². The monoisotopic (exact) mass is 400 g/mol. The van der Waals surface area contributed by atoms with Crippen LogP contribution in [0, 0.1) is 6.92 Å². The number of fused-ring (bicyclic) bond motifs is 1. The Hall–Kier alpha value is -3.07. The molecule has 9 nitrogen and oxygen atoms in total. The molecule has 9 heteroatoms. The maximum atomic E-state index is 13.1. The number of anilines is 1. The van der Waals surface area contributed by atoms with Crippen LogP contribution in [0.25, 0.3) is 10.9 Å². The molecule has 2 aromatic rings. The van der Waals surface area contributed by atoms with Gasteiger partial charge in [0.1, 0.15) is 17.4 Å². The van der Waals surface area contributed by atoms with Crippen LogP contribution in [0.15, 0.2) is 23.0 Å². The minimum atomic E-state index is -0.790. The lowest BCUT2D eigenvalue weighted by Crippen LogP contribution is -2.45. The van der Waals surface area contributed by atoms with Crippen LogP contribution in [0.4, 0.5) is 5.69 Å². The topological polar surface area (TPSA) is 130 Å². The molecule has 3 rings (SSSR count). The number of piperidine rings is 1. The van der Waals surface area contributed by atoms with Gasteiger partial charge >= 0.3 is 0 Å². The Labute approximate surface area is 167 Å². The van der Waals surface area contributed by atoms with Gasteiger partial charge in [-0.2, -0.15) is 0 Å². The number of nitrogens with one attached hydrogen (secondary N) is 2. The molecule has 1 atom stereocenters. The summed E-state index contributed by atoms with van der Waals surface area (Å²) in [6.45, 7) is 1.73. The summed E-state index contributed by atoms with van der Waals surface area (Å²) in [5, 5.41) is 14.1.